The summed E-state index contributed by atoms with van der Waals surface area (Å²) in [4.78, 5) is 0. The quantitative estimate of drug-likeness (QED) is 0.936. The SMILES string of the molecule is COc1ccc(CC2NCCc3c2cc(OC)c2c3OCO2)cc1. The van der Waals surface area contributed by atoms with E-state index in [4.69, 9.17) is 18.9 Å². The Labute approximate surface area is 141 Å². The summed E-state index contributed by atoms with van der Waals surface area (Å²) < 4.78 is 22.0. The van der Waals surface area contributed by atoms with Gasteiger partial charge in [-0.25, -0.2) is 0 Å². The van der Waals surface area contributed by atoms with Crippen LogP contribution in [0.4, 0.5) is 0 Å². The van der Waals surface area contributed by atoms with E-state index < -0.39 is 0 Å². The Kier molecular flexibility index (Phi) is 3.94. The maximum absolute atomic E-state index is 5.72. The lowest BCUT2D eigenvalue weighted by Crippen LogP contribution is -2.31. The summed E-state index contributed by atoms with van der Waals surface area (Å²) >= 11 is 0. The van der Waals surface area contributed by atoms with Crippen LogP contribution in [0.15, 0.2) is 30.3 Å². The van der Waals surface area contributed by atoms with Gasteiger partial charge in [0.05, 0.1) is 14.2 Å². The molecule has 2 aromatic carbocycles. The molecule has 0 bridgehead atoms. The summed E-state index contributed by atoms with van der Waals surface area (Å²) in [6.45, 7) is 1.19. The van der Waals surface area contributed by atoms with Crippen LogP contribution in [0, 0.1) is 0 Å². The first kappa shape index (κ1) is 15.1. The molecule has 5 heteroatoms. The predicted molar refractivity (Wildman–Crippen MR) is 90.3 cm³/mol. The Morgan fingerprint density at radius 1 is 1.08 bits per heavy atom. The van der Waals surface area contributed by atoms with Crippen molar-refractivity contribution in [3.63, 3.8) is 0 Å². The molecule has 1 N–H and O–H groups in total. The summed E-state index contributed by atoms with van der Waals surface area (Å²) in [5, 5.41) is 3.61. The highest BCUT2D eigenvalue weighted by Gasteiger charge is 2.30. The molecule has 0 amide bonds. The molecule has 5 nitrogen and oxygen atoms in total. The highest BCUT2D eigenvalue weighted by molar-refractivity contribution is 5.61. The first-order valence-corrected chi connectivity index (χ1v) is 8.16. The number of hydrogen-bond donors (Lipinski definition) is 1. The molecule has 0 aromatic heterocycles. The third-order valence-corrected chi connectivity index (χ3v) is 4.71. The van der Waals surface area contributed by atoms with Crippen LogP contribution >= 0.6 is 0 Å². The van der Waals surface area contributed by atoms with E-state index in [1.165, 1.54) is 16.7 Å². The minimum absolute atomic E-state index is 0.227. The molecule has 0 spiro atoms. The monoisotopic (exact) mass is 327 g/mol. The number of ether oxygens (including phenoxy) is 4. The van der Waals surface area contributed by atoms with Crippen molar-refractivity contribution < 1.29 is 18.9 Å². The molecule has 0 aliphatic carbocycles. The molecule has 0 fully saturated rings. The van der Waals surface area contributed by atoms with E-state index in [1.54, 1.807) is 14.2 Å². The van der Waals surface area contributed by atoms with Gasteiger partial charge >= 0.3 is 0 Å². The second-order valence-corrected chi connectivity index (χ2v) is 6.02. The number of rotatable bonds is 4. The first-order chi connectivity index (χ1) is 11.8. The lowest BCUT2D eigenvalue weighted by atomic mass is 9.89. The number of methoxy groups -OCH3 is 2. The highest BCUT2D eigenvalue weighted by atomic mass is 16.7. The van der Waals surface area contributed by atoms with Crippen molar-refractivity contribution in [2.24, 2.45) is 0 Å². The van der Waals surface area contributed by atoms with Gasteiger partial charge in [-0.1, -0.05) is 12.1 Å². The van der Waals surface area contributed by atoms with E-state index >= 15 is 0 Å². The standard InChI is InChI=1S/C19H21NO4/c1-21-13-5-3-12(4-6-13)9-16-15-10-17(22-2)19-18(23-11-24-19)14(15)7-8-20-16/h3-6,10,16,20H,7-9,11H2,1-2H3. The third-order valence-electron chi connectivity index (χ3n) is 4.71. The zero-order valence-electron chi connectivity index (χ0n) is 13.9. The molecule has 0 radical (unpaired) electrons. The van der Waals surface area contributed by atoms with Gasteiger partial charge < -0.3 is 24.3 Å². The van der Waals surface area contributed by atoms with E-state index in [-0.39, 0.29) is 12.8 Å². The molecular formula is C19H21NO4. The predicted octanol–water partition coefficient (Wildman–Crippen LogP) is 2.86. The van der Waals surface area contributed by atoms with Gasteiger partial charge in [0.2, 0.25) is 12.5 Å². The van der Waals surface area contributed by atoms with E-state index in [2.05, 4.69) is 23.5 Å². The zero-order chi connectivity index (χ0) is 16.5. The van der Waals surface area contributed by atoms with Crippen molar-refractivity contribution in [1.29, 1.82) is 0 Å². The van der Waals surface area contributed by atoms with Gasteiger partial charge in [-0.05, 0) is 48.7 Å². The molecular weight excluding hydrogens is 306 g/mol. The summed E-state index contributed by atoms with van der Waals surface area (Å²) in [5.74, 6) is 3.21. The molecule has 126 valence electrons. The van der Waals surface area contributed by atoms with E-state index in [0.717, 1.165) is 42.4 Å². The second-order valence-electron chi connectivity index (χ2n) is 6.02. The molecule has 1 unspecified atom stereocenters. The van der Waals surface area contributed by atoms with Crippen LogP contribution in [0.2, 0.25) is 0 Å². The number of fused-ring (bicyclic) bond motifs is 3. The van der Waals surface area contributed by atoms with Gasteiger partial charge in [-0.2, -0.15) is 0 Å². The van der Waals surface area contributed by atoms with Gasteiger partial charge in [-0.15, -0.1) is 0 Å². The van der Waals surface area contributed by atoms with Crippen molar-refractivity contribution in [3.8, 4) is 23.0 Å². The number of hydrogen-bond acceptors (Lipinski definition) is 5. The molecule has 1 atom stereocenters. The summed E-state index contributed by atoms with van der Waals surface area (Å²) in [5.41, 5.74) is 3.73. The van der Waals surface area contributed by atoms with Crippen LogP contribution < -0.4 is 24.3 Å². The topological polar surface area (TPSA) is 49.0 Å². The Morgan fingerprint density at radius 3 is 2.62 bits per heavy atom. The van der Waals surface area contributed by atoms with E-state index in [9.17, 15) is 0 Å². The molecule has 2 heterocycles. The van der Waals surface area contributed by atoms with Crippen LogP contribution in [0.3, 0.4) is 0 Å². The summed E-state index contributed by atoms with van der Waals surface area (Å²) in [6.07, 6.45) is 1.84. The van der Waals surface area contributed by atoms with Crippen molar-refractivity contribution in [2.75, 3.05) is 27.6 Å². The van der Waals surface area contributed by atoms with Gasteiger partial charge in [0.15, 0.2) is 11.5 Å². The molecule has 4 rings (SSSR count). The van der Waals surface area contributed by atoms with Gasteiger partial charge in [0, 0.05) is 11.6 Å². The lowest BCUT2D eigenvalue weighted by Gasteiger charge is -2.28. The van der Waals surface area contributed by atoms with Crippen LogP contribution in [-0.4, -0.2) is 27.6 Å². The fourth-order valence-electron chi connectivity index (χ4n) is 3.49. The lowest BCUT2D eigenvalue weighted by molar-refractivity contribution is 0.170. The average molecular weight is 327 g/mol. The summed E-state index contributed by atoms with van der Waals surface area (Å²) in [7, 11) is 3.35. The van der Waals surface area contributed by atoms with E-state index in [1.807, 2.05) is 12.1 Å². The Morgan fingerprint density at radius 2 is 1.88 bits per heavy atom. The van der Waals surface area contributed by atoms with Crippen molar-refractivity contribution in [3.05, 3.63) is 47.0 Å². The normalized spacial score (nSPS) is 18.2. The maximum Gasteiger partial charge on any atom is 0.231 e. The van der Waals surface area contributed by atoms with Gasteiger partial charge in [-0.3, -0.25) is 0 Å². The van der Waals surface area contributed by atoms with Crippen molar-refractivity contribution in [2.45, 2.75) is 18.9 Å². The second kappa shape index (κ2) is 6.24. The van der Waals surface area contributed by atoms with E-state index in [0.29, 0.717) is 0 Å². The van der Waals surface area contributed by atoms with Gasteiger partial charge in [0.25, 0.3) is 0 Å². The summed E-state index contributed by atoms with van der Waals surface area (Å²) in [6, 6.07) is 10.5. The smallest absolute Gasteiger partial charge is 0.231 e. The van der Waals surface area contributed by atoms with Crippen LogP contribution in [-0.2, 0) is 12.8 Å². The molecule has 24 heavy (non-hydrogen) atoms. The first-order valence-electron chi connectivity index (χ1n) is 8.16. The highest BCUT2D eigenvalue weighted by Crippen LogP contribution is 2.48. The fraction of sp³-hybridized carbons (Fsp3) is 0.368. The Hall–Kier alpha value is -2.40. The van der Waals surface area contributed by atoms with Crippen molar-refractivity contribution >= 4 is 0 Å². The molecule has 2 aromatic rings. The fourth-order valence-corrected chi connectivity index (χ4v) is 3.49. The Bertz CT molecular complexity index is 742. The molecule has 0 saturated carbocycles. The minimum atomic E-state index is 0.227. The van der Waals surface area contributed by atoms with Crippen LogP contribution in [0.25, 0.3) is 0 Å². The number of nitrogens with one attached hydrogen (secondary N) is 1. The largest absolute Gasteiger partial charge is 0.497 e. The molecule has 0 saturated heterocycles. The van der Waals surface area contributed by atoms with Crippen LogP contribution in [0.5, 0.6) is 23.0 Å². The average Bonchev–Trinajstić information content (AvgIpc) is 3.12. The van der Waals surface area contributed by atoms with Crippen LogP contribution in [0.1, 0.15) is 22.7 Å². The zero-order valence-corrected chi connectivity index (χ0v) is 13.9. The maximum atomic E-state index is 5.72. The number of benzene rings is 2. The van der Waals surface area contributed by atoms with Gasteiger partial charge in [0.1, 0.15) is 5.75 Å². The minimum Gasteiger partial charge on any atom is -0.497 e. The Balaban J connectivity index is 1.68. The third kappa shape index (κ3) is 2.55. The molecule has 2 aliphatic rings. The molecule has 2 aliphatic heterocycles. The van der Waals surface area contributed by atoms with Crippen molar-refractivity contribution in [1.82, 2.24) is 5.32 Å².